The summed E-state index contributed by atoms with van der Waals surface area (Å²) in [6, 6.07) is 17.7. The molecule has 2 amide bonds. The van der Waals surface area contributed by atoms with Gasteiger partial charge in [0.05, 0.1) is 5.52 Å². The van der Waals surface area contributed by atoms with Crippen LogP contribution in [-0.2, 0) is 16.1 Å². The molecule has 0 bridgehead atoms. The summed E-state index contributed by atoms with van der Waals surface area (Å²) in [4.78, 5) is 33.2. The Hall–Kier alpha value is -4.07. The van der Waals surface area contributed by atoms with E-state index in [0.717, 1.165) is 17.5 Å². The number of pyridine rings is 1. The SMILES string of the molecule is Cc1ccccc1N(C(=O)Cn1nnc2ccccc21)[C@H](C(=O)NCCC(C)C)c1ccncc1. The quantitative estimate of drug-likeness (QED) is 0.398. The van der Waals surface area contributed by atoms with E-state index in [0.29, 0.717) is 29.2 Å². The number of anilines is 1. The second-order valence-electron chi connectivity index (χ2n) is 8.94. The van der Waals surface area contributed by atoms with Crippen LogP contribution in [0, 0.1) is 12.8 Å². The molecule has 0 saturated heterocycles. The van der Waals surface area contributed by atoms with E-state index in [1.807, 2.05) is 55.5 Å². The summed E-state index contributed by atoms with van der Waals surface area (Å²) in [5, 5.41) is 11.4. The molecule has 0 aliphatic heterocycles. The van der Waals surface area contributed by atoms with Gasteiger partial charge in [-0.25, -0.2) is 4.68 Å². The molecule has 0 saturated carbocycles. The molecule has 0 aliphatic carbocycles. The molecule has 8 nitrogen and oxygen atoms in total. The predicted molar refractivity (Wildman–Crippen MR) is 136 cm³/mol. The third-order valence-corrected chi connectivity index (χ3v) is 5.90. The summed E-state index contributed by atoms with van der Waals surface area (Å²) >= 11 is 0. The van der Waals surface area contributed by atoms with Crippen molar-refractivity contribution in [3.8, 4) is 0 Å². The number of rotatable bonds is 9. The Balaban J connectivity index is 1.76. The molecule has 0 aliphatic rings. The normalized spacial score (nSPS) is 12.0. The molecule has 4 rings (SSSR count). The molecule has 2 aromatic heterocycles. The van der Waals surface area contributed by atoms with Crippen molar-refractivity contribution < 1.29 is 9.59 Å². The number of hydrogen-bond acceptors (Lipinski definition) is 5. The van der Waals surface area contributed by atoms with E-state index in [9.17, 15) is 9.59 Å². The van der Waals surface area contributed by atoms with Crippen LogP contribution in [0.5, 0.6) is 0 Å². The second-order valence-corrected chi connectivity index (χ2v) is 8.94. The lowest BCUT2D eigenvalue weighted by atomic mass is 10.0. The fourth-order valence-electron chi connectivity index (χ4n) is 4.03. The molecular weight excluding hydrogens is 440 g/mol. The van der Waals surface area contributed by atoms with Crippen molar-refractivity contribution in [1.29, 1.82) is 0 Å². The fraction of sp³-hybridized carbons (Fsp3) is 0.296. The van der Waals surface area contributed by atoms with Gasteiger partial charge in [-0.15, -0.1) is 5.10 Å². The lowest BCUT2D eigenvalue weighted by Crippen LogP contribution is -2.46. The molecule has 35 heavy (non-hydrogen) atoms. The van der Waals surface area contributed by atoms with E-state index in [2.05, 4.69) is 34.5 Å². The number of nitrogens with one attached hydrogen (secondary N) is 1. The van der Waals surface area contributed by atoms with E-state index >= 15 is 0 Å². The van der Waals surface area contributed by atoms with Gasteiger partial charge in [0.15, 0.2) is 0 Å². The summed E-state index contributed by atoms with van der Waals surface area (Å²) in [7, 11) is 0. The summed E-state index contributed by atoms with van der Waals surface area (Å²) < 4.78 is 1.57. The highest BCUT2D eigenvalue weighted by molar-refractivity contribution is 6.02. The first-order valence-electron chi connectivity index (χ1n) is 11.8. The second kappa shape index (κ2) is 10.9. The van der Waals surface area contributed by atoms with Gasteiger partial charge in [-0.2, -0.15) is 0 Å². The Bertz CT molecular complexity index is 1300. The van der Waals surface area contributed by atoms with Gasteiger partial charge in [-0.1, -0.05) is 49.4 Å². The molecular formula is C27H30N6O2. The Labute approximate surface area is 205 Å². The Morgan fingerprint density at radius 2 is 1.71 bits per heavy atom. The minimum absolute atomic E-state index is 0.0598. The van der Waals surface area contributed by atoms with Crippen LogP contribution >= 0.6 is 0 Å². The Morgan fingerprint density at radius 3 is 2.46 bits per heavy atom. The van der Waals surface area contributed by atoms with Gasteiger partial charge in [0.1, 0.15) is 18.1 Å². The number of para-hydroxylation sites is 2. The van der Waals surface area contributed by atoms with Crippen molar-refractivity contribution in [2.45, 2.75) is 39.8 Å². The molecule has 2 aromatic carbocycles. The van der Waals surface area contributed by atoms with Crippen molar-refractivity contribution in [2.24, 2.45) is 5.92 Å². The zero-order valence-electron chi connectivity index (χ0n) is 20.3. The summed E-state index contributed by atoms with van der Waals surface area (Å²) in [5.74, 6) is -0.0583. The van der Waals surface area contributed by atoms with Crippen molar-refractivity contribution in [3.63, 3.8) is 0 Å². The minimum Gasteiger partial charge on any atom is -0.354 e. The molecule has 2 heterocycles. The number of hydrogen-bond donors (Lipinski definition) is 1. The highest BCUT2D eigenvalue weighted by Crippen LogP contribution is 2.31. The van der Waals surface area contributed by atoms with Gasteiger partial charge in [0.25, 0.3) is 0 Å². The van der Waals surface area contributed by atoms with Crippen molar-refractivity contribution in [2.75, 3.05) is 11.4 Å². The maximum absolute atomic E-state index is 13.9. The molecule has 1 N–H and O–H groups in total. The van der Waals surface area contributed by atoms with Crippen LogP contribution in [0.25, 0.3) is 11.0 Å². The van der Waals surface area contributed by atoms with Crippen LogP contribution in [0.2, 0.25) is 0 Å². The first-order chi connectivity index (χ1) is 17.0. The van der Waals surface area contributed by atoms with Crippen LogP contribution in [0.1, 0.15) is 37.4 Å². The first kappa shape index (κ1) is 24.1. The highest BCUT2D eigenvalue weighted by atomic mass is 16.2. The third-order valence-electron chi connectivity index (χ3n) is 5.90. The number of carbonyl (C=O) groups excluding carboxylic acids is 2. The van der Waals surface area contributed by atoms with Crippen molar-refractivity contribution in [3.05, 3.63) is 84.2 Å². The standard InChI is InChI=1S/C27H30N6O2/c1-19(2)12-17-29-27(35)26(21-13-15-28-16-14-21)33(23-10-6-4-8-20(23)3)25(34)18-32-24-11-7-5-9-22(24)30-31-32/h4-11,13-16,19,26H,12,17-18H2,1-3H3,(H,29,35)/t26-/m0/s1. The van der Waals surface area contributed by atoms with Crippen molar-refractivity contribution in [1.82, 2.24) is 25.3 Å². The number of carbonyl (C=O) groups is 2. The van der Waals surface area contributed by atoms with Gasteiger partial charge >= 0.3 is 0 Å². The van der Waals surface area contributed by atoms with Crippen molar-refractivity contribution >= 4 is 28.5 Å². The van der Waals surface area contributed by atoms with Crippen LogP contribution in [-0.4, -0.2) is 38.3 Å². The molecule has 4 aromatic rings. The number of aromatic nitrogens is 4. The van der Waals surface area contributed by atoms with Gasteiger partial charge < -0.3 is 5.32 Å². The maximum atomic E-state index is 13.9. The molecule has 0 unspecified atom stereocenters. The number of amides is 2. The number of benzene rings is 2. The number of aryl methyl sites for hydroxylation is 1. The molecule has 8 heteroatoms. The average Bonchev–Trinajstić information content (AvgIpc) is 3.26. The fourth-order valence-corrected chi connectivity index (χ4v) is 4.03. The lowest BCUT2D eigenvalue weighted by molar-refractivity contribution is -0.127. The van der Waals surface area contributed by atoms with Crippen LogP contribution in [0.3, 0.4) is 0 Å². The molecule has 0 spiro atoms. The number of fused-ring (bicyclic) bond motifs is 1. The maximum Gasteiger partial charge on any atom is 0.249 e. The largest absolute Gasteiger partial charge is 0.354 e. The summed E-state index contributed by atoms with van der Waals surface area (Å²) in [6.45, 7) is 6.62. The van der Waals surface area contributed by atoms with Gasteiger partial charge in [-0.05, 0) is 60.7 Å². The molecule has 180 valence electrons. The van der Waals surface area contributed by atoms with E-state index < -0.39 is 6.04 Å². The van der Waals surface area contributed by atoms with Crippen LogP contribution in [0.4, 0.5) is 5.69 Å². The monoisotopic (exact) mass is 470 g/mol. The van der Waals surface area contributed by atoms with E-state index in [1.165, 1.54) is 0 Å². The summed E-state index contributed by atoms with van der Waals surface area (Å²) in [6.07, 6.45) is 4.11. The van der Waals surface area contributed by atoms with Crippen LogP contribution < -0.4 is 10.2 Å². The minimum atomic E-state index is -0.867. The predicted octanol–water partition coefficient (Wildman–Crippen LogP) is 4.07. The van der Waals surface area contributed by atoms with E-state index in [-0.39, 0.29) is 18.4 Å². The van der Waals surface area contributed by atoms with E-state index in [1.54, 1.807) is 34.1 Å². The Kier molecular flexibility index (Phi) is 7.50. The molecule has 0 fully saturated rings. The average molecular weight is 471 g/mol. The van der Waals surface area contributed by atoms with Crippen LogP contribution in [0.15, 0.2) is 73.1 Å². The summed E-state index contributed by atoms with van der Waals surface area (Å²) in [5.41, 5.74) is 3.70. The van der Waals surface area contributed by atoms with E-state index in [4.69, 9.17) is 0 Å². The Morgan fingerprint density at radius 1 is 1.00 bits per heavy atom. The molecule has 0 radical (unpaired) electrons. The third kappa shape index (κ3) is 5.54. The number of nitrogens with zero attached hydrogens (tertiary/aromatic N) is 5. The smallest absolute Gasteiger partial charge is 0.249 e. The lowest BCUT2D eigenvalue weighted by Gasteiger charge is -2.32. The van der Waals surface area contributed by atoms with Gasteiger partial charge in [0, 0.05) is 24.6 Å². The highest BCUT2D eigenvalue weighted by Gasteiger charge is 2.33. The zero-order chi connectivity index (χ0) is 24.8. The zero-order valence-corrected chi connectivity index (χ0v) is 20.3. The first-order valence-corrected chi connectivity index (χ1v) is 11.8. The van der Waals surface area contributed by atoms with Gasteiger partial charge in [-0.3, -0.25) is 19.5 Å². The topological polar surface area (TPSA) is 93.0 Å². The molecule has 1 atom stereocenters. The van der Waals surface area contributed by atoms with Gasteiger partial charge in [0.2, 0.25) is 11.8 Å².